The monoisotopic (exact) mass is 342 g/mol. The van der Waals surface area contributed by atoms with Crippen molar-refractivity contribution in [3.8, 4) is 0 Å². The van der Waals surface area contributed by atoms with Gasteiger partial charge in [-0.15, -0.1) is 0 Å². The summed E-state index contributed by atoms with van der Waals surface area (Å²) in [6.45, 7) is 3.05. The number of pyridine rings is 1. The molecule has 0 saturated carbocycles. The Morgan fingerprint density at radius 2 is 1.69 bits per heavy atom. The number of H-pyrrole nitrogens is 1. The maximum atomic E-state index is 4.11. The lowest BCUT2D eigenvalue weighted by Crippen LogP contribution is -2.05. The van der Waals surface area contributed by atoms with Crippen LogP contribution >= 0.6 is 0 Å². The average molecular weight is 342 g/mol. The molecule has 4 heteroatoms. The number of aryl methyl sites for hydroxylation is 1. The number of benzene rings is 2. The average Bonchev–Trinajstić information content (AvgIpc) is 2.99. The summed E-state index contributed by atoms with van der Waals surface area (Å²) in [5.74, 6) is 0. The number of anilines is 3. The Labute approximate surface area is 153 Å². The standard InChI is InChI=1S/C22H22N4/c1-16-20(21-6-2-3-7-22(21)25-16)12-14-24-17-8-10-18(11-9-17)26-19-5-4-13-23-15-19/h2-11,13,15,24-26H,12,14H2,1H3. The highest BCUT2D eigenvalue weighted by atomic mass is 14.9. The van der Waals surface area contributed by atoms with Gasteiger partial charge in [0.15, 0.2) is 0 Å². The van der Waals surface area contributed by atoms with Crippen molar-refractivity contribution in [3.63, 3.8) is 0 Å². The number of para-hydroxylation sites is 1. The third-order valence-corrected chi connectivity index (χ3v) is 4.57. The van der Waals surface area contributed by atoms with Crippen LogP contribution in [0.1, 0.15) is 11.3 Å². The maximum absolute atomic E-state index is 4.11. The molecule has 0 bridgehead atoms. The first-order chi connectivity index (χ1) is 12.8. The molecule has 4 nitrogen and oxygen atoms in total. The van der Waals surface area contributed by atoms with E-state index in [2.05, 4.69) is 76.1 Å². The quantitative estimate of drug-likeness (QED) is 0.447. The summed E-state index contributed by atoms with van der Waals surface area (Å²) < 4.78 is 0. The van der Waals surface area contributed by atoms with Crippen LogP contribution in [0.25, 0.3) is 10.9 Å². The number of aromatic amines is 1. The van der Waals surface area contributed by atoms with Gasteiger partial charge in [-0.05, 0) is 61.4 Å². The molecule has 130 valence electrons. The summed E-state index contributed by atoms with van der Waals surface area (Å²) in [4.78, 5) is 7.58. The summed E-state index contributed by atoms with van der Waals surface area (Å²) in [7, 11) is 0. The van der Waals surface area contributed by atoms with Gasteiger partial charge in [-0.25, -0.2) is 0 Å². The van der Waals surface area contributed by atoms with Gasteiger partial charge in [-0.2, -0.15) is 0 Å². The Balaban J connectivity index is 1.37. The van der Waals surface area contributed by atoms with Crippen molar-refractivity contribution < 1.29 is 0 Å². The van der Waals surface area contributed by atoms with Crippen LogP contribution in [0.5, 0.6) is 0 Å². The molecule has 4 aromatic rings. The van der Waals surface area contributed by atoms with Crippen molar-refractivity contribution in [2.24, 2.45) is 0 Å². The lowest BCUT2D eigenvalue weighted by molar-refractivity contribution is 1.01. The van der Waals surface area contributed by atoms with Gasteiger partial charge in [-0.3, -0.25) is 4.98 Å². The van der Waals surface area contributed by atoms with Gasteiger partial charge in [0.2, 0.25) is 0 Å². The fourth-order valence-electron chi connectivity index (χ4n) is 3.26. The summed E-state index contributed by atoms with van der Waals surface area (Å²) in [5, 5.41) is 8.18. The van der Waals surface area contributed by atoms with Gasteiger partial charge in [0.05, 0.1) is 11.9 Å². The maximum Gasteiger partial charge on any atom is 0.0570 e. The third-order valence-electron chi connectivity index (χ3n) is 4.57. The van der Waals surface area contributed by atoms with E-state index in [9.17, 15) is 0 Å². The molecule has 2 aromatic carbocycles. The third kappa shape index (κ3) is 3.54. The Bertz CT molecular complexity index is 988. The second-order valence-electron chi connectivity index (χ2n) is 6.39. The lowest BCUT2D eigenvalue weighted by Gasteiger charge is -2.09. The number of nitrogens with zero attached hydrogens (tertiary/aromatic N) is 1. The molecule has 0 radical (unpaired) electrons. The molecule has 2 heterocycles. The highest BCUT2D eigenvalue weighted by Gasteiger charge is 2.07. The van der Waals surface area contributed by atoms with Crippen LogP contribution in [-0.2, 0) is 6.42 Å². The largest absolute Gasteiger partial charge is 0.385 e. The van der Waals surface area contributed by atoms with E-state index in [4.69, 9.17) is 0 Å². The van der Waals surface area contributed by atoms with Crippen molar-refractivity contribution in [3.05, 3.63) is 84.3 Å². The molecule has 0 aliphatic carbocycles. The molecule has 0 saturated heterocycles. The normalized spacial score (nSPS) is 10.8. The van der Waals surface area contributed by atoms with Crippen LogP contribution in [0.3, 0.4) is 0 Å². The highest BCUT2D eigenvalue weighted by Crippen LogP contribution is 2.23. The number of rotatable bonds is 6. The van der Waals surface area contributed by atoms with E-state index in [-0.39, 0.29) is 0 Å². The second kappa shape index (κ2) is 7.31. The zero-order chi connectivity index (χ0) is 17.8. The molecule has 0 aliphatic heterocycles. The Morgan fingerprint density at radius 3 is 2.50 bits per heavy atom. The van der Waals surface area contributed by atoms with Crippen molar-refractivity contribution in [1.82, 2.24) is 9.97 Å². The van der Waals surface area contributed by atoms with Crippen LogP contribution in [0.2, 0.25) is 0 Å². The molecule has 3 N–H and O–H groups in total. The summed E-state index contributed by atoms with van der Waals surface area (Å²) in [6.07, 6.45) is 4.58. The first-order valence-electron chi connectivity index (χ1n) is 8.87. The van der Waals surface area contributed by atoms with E-state index < -0.39 is 0 Å². The smallest absolute Gasteiger partial charge is 0.0570 e. The minimum Gasteiger partial charge on any atom is -0.385 e. The Kier molecular flexibility index (Phi) is 4.56. The van der Waals surface area contributed by atoms with Gasteiger partial charge < -0.3 is 15.6 Å². The van der Waals surface area contributed by atoms with Crippen molar-refractivity contribution in [2.45, 2.75) is 13.3 Å². The van der Waals surface area contributed by atoms with Gasteiger partial charge in [-0.1, -0.05) is 18.2 Å². The number of hydrogen-bond donors (Lipinski definition) is 3. The Morgan fingerprint density at radius 1 is 0.885 bits per heavy atom. The van der Waals surface area contributed by atoms with Crippen LogP contribution in [0.15, 0.2) is 73.1 Å². The van der Waals surface area contributed by atoms with Crippen LogP contribution in [0, 0.1) is 6.92 Å². The predicted octanol–water partition coefficient (Wildman–Crippen LogP) is 5.27. The van der Waals surface area contributed by atoms with E-state index in [1.54, 1.807) is 6.20 Å². The van der Waals surface area contributed by atoms with Crippen molar-refractivity contribution in [1.29, 1.82) is 0 Å². The predicted molar refractivity (Wildman–Crippen MR) is 109 cm³/mol. The minimum atomic E-state index is 0.901. The zero-order valence-corrected chi connectivity index (χ0v) is 14.8. The van der Waals surface area contributed by atoms with Gasteiger partial charge in [0.1, 0.15) is 0 Å². The molecular weight excluding hydrogens is 320 g/mol. The number of aromatic nitrogens is 2. The first kappa shape index (κ1) is 16.2. The Hall–Kier alpha value is -3.27. The number of fused-ring (bicyclic) bond motifs is 1. The summed E-state index contributed by atoms with van der Waals surface area (Å²) in [5.41, 5.74) is 7.02. The molecule has 0 aliphatic rings. The minimum absolute atomic E-state index is 0.901. The van der Waals surface area contributed by atoms with Gasteiger partial charge in [0, 0.05) is 40.7 Å². The van der Waals surface area contributed by atoms with Gasteiger partial charge >= 0.3 is 0 Å². The van der Waals surface area contributed by atoms with E-state index in [1.165, 1.54) is 22.2 Å². The molecule has 0 unspecified atom stereocenters. The molecule has 0 fully saturated rings. The SMILES string of the molecule is Cc1[nH]c2ccccc2c1CCNc1ccc(Nc2cccnc2)cc1. The molecule has 0 spiro atoms. The van der Waals surface area contributed by atoms with E-state index in [0.29, 0.717) is 0 Å². The fourth-order valence-corrected chi connectivity index (χ4v) is 3.26. The zero-order valence-electron chi connectivity index (χ0n) is 14.8. The summed E-state index contributed by atoms with van der Waals surface area (Å²) >= 11 is 0. The molecule has 0 atom stereocenters. The topological polar surface area (TPSA) is 52.7 Å². The molecule has 26 heavy (non-hydrogen) atoms. The van der Waals surface area contributed by atoms with Gasteiger partial charge in [0.25, 0.3) is 0 Å². The van der Waals surface area contributed by atoms with E-state index in [0.717, 1.165) is 30.0 Å². The molecule has 2 aromatic heterocycles. The van der Waals surface area contributed by atoms with E-state index >= 15 is 0 Å². The van der Waals surface area contributed by atoms with Crippen LogP contribution < -0.4 is 10.6 Å². The molecule has 0 amide bonds. The second-order valence-corrected chi connectivity index (χ2v) is 6.39. The van der Waals surface area contributed by atoms with Crippen molar-refractivity contribution in [2.75, 3.05) is 17.2 Å². The van der Waals surface area contributed by atoms with E-state index in [1.807, 2.05) is 18.3 Å². The lowest BCUT2D eigenvalue weighted by atomic mass is 10.1. The van der Waals surface area contributed by atoms with Crippen LogP contribution in [-0.4, -0.2) is 16.5 Å². The molecule has 4 rings (SSSR count). The number of nitrogens with one attached hydrogen (secondary N) is 3. The molecular formula is C22H22N4. The fraction of sp³-hybridized carbons (Fsp3) is 0.136. The number of hydrogen-bond acceptors (Lipinski definition) is 3. The summed E-state index contributed by atoms with van der Waals surface area (Å²) in [6, 6.07) is 20.8. The van der Waals surface area contributed by atoms with Crippen molar-refractivity contribution >= 4 is 28.0 Å². The highest BCUT2D eigenvalue weighted by molar-refractivity contribution is 5.84. The van der Waals surface area contributed by atoms with Crippen LogP contribution in [0.4, 0.5) is 17.1 Å². The first-order valence-corrected chi connectivity index (χ1v) is 8.87.